The van der Waals surface area contributed by atoms with E-state index in [4.69, 9.17) is 10.5 Å². The second kappa shape index (κ2) is 5.49. The summed E-state index contributed by atoms with van der Waals surface area (Å²) in [7, 11) is 1.71. The molecule has 0 amide bonds. The SMILES string of the molecule is COc1ccc(-c2cc(CN)c(C)[nH]2)cc1C(C)C. The highest BCUT2D eigenvalue weighted by Crippen LogP contribution is 2.31. The highest BCUT2D eigenvalue weighted by atomic mass is 16.5. The van der Waals surface area contributed by atoms with Gasteiger partial charge in [-0.3, -0.25) is 0 Å². The van der Waals surface area contributed by atoms with Crippen molar-refractivity contribution in [1.29, 1.82) is 0 Å². The van der Waals surface area contributed by atoms with Crippen LogP contribution in [0.1, 0.15) is 36.6 Å². The Balaban J connectivity index is 2.47. The van der Waals surface area contributed by atoms with Crippen molar-refractivity contribution >= 4 is 0 Å². The molecule has 0 unspecified atom stereocenters. The lowest BCUT2D eigenvalue weighted by atomic mass is 9.98. The number of aromatic nitrogens is 1. The van der Waals surface area contributed by atoms with Crippen LogP contribution in [0.3, 0.4) is 0 Å². The fourth-order valence-electron chi connectivity index (χ4n) is 2.32. The number of ether oxygens (including phenoxy) is 1. The van der Waals surface area contributed by atoms with Gasteiger partial charge in [-0.2, -0.15) is 0 Å². The standard InChI is InChI=1S/C16H22N2O/c1-10(2)14-7-12(5-6-16(14)19-4)15-8-13(9-17)11(3)18-15/h5-8,10,18H,9,17H2,1-4H3. The van der Waals surface area contributed by atoms with Crippen LogP contribution in [-0.4, -0.2) is 12.1 Å². The molecule has 19 heavy (non-hydrogen) atoms. The van der Waals surface area contributed by atoms with Crippen molar-refractivity contribution in [3.8, 4) is 17.0 Å². The third-order valence-corrected chi connectivity index (χ3v) is 3.51. The van der Waals surface area contributed by atoms with Crippen molar-refractivity contribution in [2.24, 2.45) is 5.73 Å². The van der Waals surface area contributed by atoms with Crippen LogP contribution in [0.2, 0.25) is 0 Å². The van der Waals surface area contributed by atoms with Gasteiger partial charge in [0.05, 0.1) is 7.11 Å². The van der Waals surface area contributed by atoms with Crippen molar-refractivity contribution in [2.45, 2.75) is 33.2 Å². The van der Waals surface area contributed by atoms with E-state index in [0.29, 0.717) is 12.5 Å². The quantitative estimate of drug-likeness (QED) is 0.880. The maximum atomic E-state index is 5.73. The average molecular weight is 258 g/mol. The van der Waals surface area contributed by atoms with Gasteiger partial charge in [0.15, 0.2) is 0 Å². The molecule has 1 aromatic carbocycles. The molecule has 3 nitrogen and oxygen atoms in total. The Morgan fingerprint density at radius 1 is 1.26 bits per heavy atom. The summed E-state index contributed by atoms with van der Waals surface area (Å²) in [5.74, 6) is 1.38. The minimum Gasteiger partial charge on any atom is -0.496 e. The summed E-state index contributed by atoms with van der Waals surface area (Å²) in [6.07, 6.45) is 0. The molecule has 3 heteroatoms. The van der Waals surface area contributed by atoms with Crippen LogP contribution in [0.4, 0.5) is 0 Å². The zero-order chi connectivity index (χ0) is 14.0. The van der Waals surface area contributed by atoms with E-state index >= 15 is 0 Å². The summed E-state index contributed by atoms with van der Waals surface area (Å²) < 4.78 is 5.42. The number of aromatic amines is 1. The molecule has 1 heterocycles. The van der Waals surface area contributed by atoms with Gasteiger partial charge < -0.3 is 15.5 Å². The summed E-state index contributed by atoms with van der Waals surface area (Å²) in [4.78, 5) is 3.39. The molecular formula is C16H22N2O. The first kappa shape index (κ1) is 13.7. The van der Waals surface area contributed by atoms with Crippen LogP contribution in [0.5, 0.6) is 5.75 Å². The van der Waals surface area contributed by atoms with Crippen molar-refractivity contribution in [2.75, 3.05) is 7.11 Å². The zero-order valence-electron chi connectivity index (χ0n) is 12.1. The first-order valence-electron chi connectivity index (χ1n) is 6.63. The molecule has 0 bridgehead atoms. The van der Waals surface area contributed by atoms with E-state index < -0.39 is 0 Å². The van der Waals surface area contributed by atoms with E-state index in [1.165, 1.54) is 11.1 Å². The number of rotatable bonds is 4. The van der Waals surface area contributed by atoms with Gasteiger partial charge in [0, 0.05) is 17.9 Å². The third-order valence-electron chi connectivity index (χ3n) is 3.51. The smallest absolute Gasteiger partial charge is 0.122 e. The first-order valence-corrected chi connectivity index (χ1v) is 6.63. The molecule has 2 rings (SSSR count). The van der Waals surface area contributed by atoms with Crippen molar-refractivity contribution in [3.05, 3.63) is 41.1 Å². The minimum atomic E-state index is 0.430. The van der Waals surface area contributed by atoms with E-state index in [1.54, 1.807) is 7.11 Å². The second-order valence-electron chi connectivity index (χ2n) is 5.15. The van der Waals surface area contributed by atoms with Gasteiger partial charge in [0.2, 0.25) is 0 Å². The summed E-state index contributed by atoms with van der Waals surface area (Å²) in [6.45, 7) is 6.97. The number of hydrogen-bond donors (Lipinski definition) is 2. The molecule has 0 aliphatic carbocycles. The summed E-state index contributed by atoms with van der Waals surface area (Å²) in [5.41, 5.74) is 11.5. The van der Waals surface area contributed by atoms with Gasteiger partial charge in [-0.1, -0.05) is 13.8 Å². The molecule has 0 aliphatic rings. The average Bonchev–Trinajstić information content (AvgIpc) is 2.79. The topological polar surface area (TPSA) is 51.0 Å². The van der Waals surface area contributed by atoms with Crippen LogP contribution in [0.15, 0.2) is 24.3 Å². The minimum absolute atomic E-state index is 0.430. The number of methoxy groups -OCH3 is 1. The summed E-state index contributed by atoms with van der Waals surface area (Å²) >= 11 is 0. The number of benzene rings is 1. The van der Waals surface area contributed by atoms with Gasteiger partial charge in [0.25, 0.3) is 0 Å². The largest absolute Gasteiger partial charge is 0.496 e. The number of nitrogens with two attached hydrogens (primary N) is 1. The van der Waals surface area contributed by atoms with E-state index in [9.17, 15) is 0 Å². The van der Waals surface area contributed by atoms with Crippen LogP contribution in [0, 0.1) is 6.92 Å². The molecule has 0 radical (unpaired) electrons. The van der Waals surface area contributed by atoms with Crippen LogP contribution in [-0.2, 0) is 6.54 Å². The molecule has 1 aromatic heterocycles. The Morgan fingerprint density at radius 3 is 2.53 bits per heavy atom. The molecule has 0 fully saturated rings. The van der Waals surface area contributed by atoms with Gasteiger partial charge in [0.1, 0.15) is 5.75 Å². The maximum absolute atomic E-state index is 5.73. The maximum Gasteiger partial charge on any atom is 0.122 e. The Kier molecular flexibility index (Phi) is 3.96. The van der Waals surface area contributed by atoms with E-state index in [0.717, 1.165) is 22.7 Å². The van der Waals surface area contributed by atoms with Crippen molar-refractivity contribution in [1.82, 2.24) is 4.98 Å². The molecule has 2 aromatic rings. The Labute approximate surface area is 114 Å². The van der Waals surface area contributed by atoms with Crippen LogP contribution in [0.25, 0.3) is 11.3 Å². The first-order chi connectivity index (χ1) is 9.06. The monoisotopic (exact) mass is 258 g/mol. The lowest BCUT2D eigenvalue weighted by Crippen LogP contribution is -1.95. The number of hydrogen-bond acceptors (Lipinski definition) is 2. The Bertz CT molecular complexity index is 570. The predicted octanol–water partition coefficient (Wildman–Crippen LogP) is 3.58. The van der Waals surface area contributed by atoms with Crippen molar-refractivity contribution < 1.29 is 4.74 Å². The number of aryl methyl sites for hydroxylation is 1. The highest BCUT2D eigenvalue weighted by molar-refractivity contribution is 5.64. The Morgan fingerprint density at radius 2 is 2.00 bits per heavy atom. The normalized spacial score (nSPS) is 11.1. The molecular weight excluding hydrogens is 236 g/mol. The molecule has 102 valence electrons. The fourth-order valence-corrected chi connectivity index (χ4v) is 2.32. The molecule has 0 saturated heterocycles. The van der Waals surface area contributed by atoms with E-state index in [1.807, 2.05) is 6.07 Å². The predicted molar refractivity (Wildman–Crippen MR) is 79.5 cm³/mol. The molecule has 3 N–H and O–H groups in total. The lowest BCUT2D eigenvalue weighted by molar-refractivity contribution is 0.407. The van der Waals surface area contributed by atoms with Gasteiger partial charge in [-0.25, -0.2) is 0 Å². The second-order valence-corrected chi connectivity index (χ2v) is 5.15. The zero-order valence-corrected chi connectivity index (χ0v) is 12.1. The van der Waals surface area contributed by atoms with Crippen LogP contribution < -0.4 is 10.5 Å². The van der Waals surface area contributed by atoms with E-state index in [2.05, 4.69) is 44.0 Å². The van der Waals surface area contributed by atoms with E-state index in [-0.39, 0.29) is 0 Å². The molecule has 0 atom stereocenters. The number of nitrogens with one attached hydrogen (secondary N) is 1. The summed E-state index contributed by atoms with van der Waals surface area (Å²) in [6, 6.07) is 8.43. The van der Waals surface area contributed by atoms with Gasteiger partial charge in [-0.15, -0.1) is 0 Å². The van der Waals surface area contributed by atoms with Crippen LogP contribution >= 0.6 is 0 Å². The summed E-state index contributed by atoms with van der Waals surface area (Å²) in [5, 5.41) is 0. The van der Waals surface area contributed by atoms with Gasteiger partial charge >= 0.3 is 0 Å². The lowest BCUT2D eigenvalue weighted by Gasteiger charge is -2.13. The Hall–Kier alpha value is -1.74. The number of H-pyrrole nitrogens is 1. The molecule has 0 saturated carbocycles. The highest BCUT2D eigenvalue weighted by Gasteiger charge is 2.11. The third kappa shape index (κ3) is 2.66. The fraction of sp³-hybridized carbons (Fsp3) is 0.375. The molecule has 0 aliphatic heterocycles. The van der Waals surface area contributed by atoms with Gasteiger partial charge in [-0.05, 0) is 53.8 Å². The molecule has 0 spiro atoms. The van der Waals surface area contributed by atoms with Crippen molar-refractivity contribution in [3.63, 3.8) is 0 Å².